The average Bonchev–Trinajstić information content (AvgIpc) is 2.22. The third-order valence-corrected chi connectivity index (χ3v) is 1.58. The molecule has 0 radical (unpaired) electrons. The predicted octanol–water partition coefficient (Wildman–Crippen LogP) is 1.16. The van der Waals surface area contributed by atoms with Crippen LogP contribution in [0.2, 0.25) is 0 Å². The van der Waals surface area contributed by atoms with Gasteiger partial charge in [0.05, 0.1) is 12.9 Å². The van der Waals surface area contributed by atoms with Crippen LogP contribution < -0.4 is 0 Å². The van der Waals surface area contributed by atoms with Gasteiger partial charge in [-0.2, -0.15) is 0 Å². The molecule has 0 saturated carbocycles. The smallest absolute Gasteiger partial charge is 0.247 e. The fourth-order valence-electron chi connectivity index (χ4n) is 0.805. The molecule has 0 aliphatic heterocycles. The van der Waals surface area contributed by atoms with Crippen molar-refractivity contribution < 1.29 is 14.3 Å². The predicted molar refractivity (Wildman–Crippen MR) is 54.6 cm³/mol. The molecular weight excluding hydrogens is 182 g/mol. The number of hydrogen-bond donors (Lipinski definition) is 0. The van der Waals surface area contributed by atoms with Crippen LogP contribution in [-0.2, 0) is 14.3 Å². The van der Waals surface area contributed by atoms with E-state index in [0.29, 0.717) is 19.8 Å². The molecule has 0 unspecified atom stereocenters. The highest BCUT2D eigenvalue weighted by atomic mass is 16.5. The molecule has 0 aliphatic rings. The molecule has 0 aromatic rings. The maximum absolute atomic E-state index is 11.1. The van der Waals surface area contributed by atoms with Crippen molar-refractivity contribution >= 4 is 5.91 Å². The van der Waals surface area contributed by atoms with E-state index in [1.54, 1.807) is 4.90 Å². The van der Waals surface area contributed by atoms with Crippen molar-refractivity contribution in [1.29, 1.82) is 0 Å². The van der Waals surface area contributed by atoms with Crippen LogP contribution in [0.1, 0.15) is 6.92 Å². The lowest BCUT2D eigenvalue weighted by Crippen LogP contribution is -2.31. The summed E-state index contributed by atoms with van der Waals surface area (Å²) in [5.41, 5.74) is 0. The van der Waals surface area contributed by atoms with Gasteiger partial charge in [-0.1, -0.05) is 13.2 Å². The van der Waals surface area contributed by atoms with Gasteiger partial charge >= 0.3 is 0 Å². The zero-order chi connectivity index (χ0) is 10.8. The lowest BCUT2D eigenvalue weighted by atomic mass is 10.5. The Kier molecular flexibility index (Phi) is 7.55. The van der Waals surface area contributed by atoms with Crippen molar-refractivity contribution in [1.82, 2.24) is 4.90 Å². The largest absolute Gasteiger partial charge is 0.499 e. The van der Waals surface area contributed by atoms with Crippen molar-refractivity contribution in [3.8, 4) is 0 Å². The van der Waals surface area contributed by atoms with Gasteiger partial charge in [0.25, 0.3) is 0 Å². The van der Waals surface area contributed by atoms with E-state index in [-0.39, 0.29) is 12.6 Å². The fraction of sp³-hybridized carbons (Fsp3) is 0.500. The molecule has 0 aromatic carbocycles. The second kappa shape index (κ2) is 8.31. The van der Waals surface area contributed by atoms with Crippen molar-refractivity contribution in [2.24, 2.45) is 0 Å². The molecule has 14 heavy (non-hydrogen) atoms. The van der Waals surface area contributed by atoms with Gasteiger partial charge in [0, 0.05) is 6.54 Å². The van der Waals surface area contributed by atoms with E-state index < -0.39 is 0 Å². The van der Waals surface area contributed by atoms with Gasteiger partial charge < -0.3 is 14.4 Å². The van der Waals surface area contributed by atoms with E-state index in [4.69, 9.17) is 9.47 Å². The lowest BCUT2D eigenvalue weighted by molar-refractivity contribution is -0.131. The van der Waals surface area contributed by atoms with E-state index >= 15 is 0 Å². The molecule has 4 nitrogen and oxygen atoms in total. The first-order chi connectivity index (χ1) is 6.76. The van der Waals surface area contributed by atoms with Gasteiger partial charge in [0.2, 0.25) is 5.91 Å². The Morgan fingerprint density at radius 3 is 2.64 bits per heavy atom. The van der Waals surface area contributed by atoms with Gasteiger partial charge in [0.1, 0.15) is 13.3 Å². The number of amides is 1. The minimum Gasteiger partial charge on any atom is -0.499 e. The Labute approximate surface area is 84.8 Å². The molecule has 1 amide bonds. The number of carbonyl (C=O) groups is 1. The van der Waals surface area contributed by atoms with E-state index in [1.165, 1.54) is 12.3 Å². The highest BCUT2D eigenvalue weighted by Crippen LogP contribution is 1.91. The van der Waals surface area contributed by atoms with Gasteiger partial charge in [-0.05, 0) is 13.0 Å². The van der Waals surface area contributed by atoms with Crippen molar-refractivity contribution in [3.63, 3.8) is 0 Å². The number of ether oxygens (including phenoxy) is 2. The molecule has 0 bridgehead atoms. The number of carbonyl (C=O) groups excluding carboxylic acids is 1. The van der Waals surface area contributed by atoms with Crippen LogP contribution in [0.5, 0.6) is 0 Å². The summed E-state index contributed by atoms with van der Waals surface area (Å²) in [7, 11) is 0. The van der Waals surface area contributed by atoms with E-state index in [9.17, 15) is 4.79 Å². The highest BCUT2D eigenvalue weighted by Gasteiger charge is 2.06. The Hall–Kier alpha value is -1.29. The minimum atomic E-state index is -0.128. The lowest BCUT2D eigenvalue weighted by Gasteiger charge is -2.18. The summed E-state index contributed by atoms with van der Waals surface area (Å²) in [5.74, 6) is -0.128. The summed E-state index contributed by atoms with van der Waals surface area (Å²) in [6, 6.07) is 0. The SMILES string of the molecule is C=COCCOCN(CC)C(=O)C=C. The van der Waals surface area contributed by atoms with Crippen molar-refractivity contribution in [3.05, 3.63) is 25.5 Å². The standard InChI is InChI=1S/C10H17NO3/c1-4-10(12)11(5-2)9-14-8-7-13-6-3/h4,6H,1,3,5,7-9H2,2H3. The number of rotatable bonds is 8. The molecule has 0 saturated heterocycles. The monoisotopic (exact) mass is 199 g/mol. The summed E-state index contributed by atoms with van der Waals surface area (Å²) in [6.07, 6.45) is 2.63. The summed E-state index contributed by atoms with van der Waals surface area (Å²) in [6.45, 7) is 10.4. The van der Waals surface area contributed by atoms with Gasteiger partial charge in [-0.25, -0.2) is 0 Å². The fourth-order valence-corrected chi connectivity index (χ4v) is 0.805. The van der Waals surface area contributed by atoms with Crippen molar-refractivity contribution in [2.45, 2.75) is 6.92 Å². The van der Waals surface area contributed by atoms with Crippen LogP contribution in [0.4, 0.5) is 0 Å². The van der Waals surface area contributed by atoms with Crippen LogP contribution in [0.25, 0.3) is 0 Å². The Bertz CT molecular complexity index is 192. The maximum Gasteiger partial charge on any atom is 0.247 e. The molecular formula is C10H17NO3. The molecule has 80 valence electrons. The Morgan fingerprint density at radius 1 is 1.43 bits per heavy atom. The molecule has 0 spiro atoms. The van der Waals surface area contributed by atoms with Crippen molar-refractivity contribution in [2.75, 3.05) is 26.5 Å². The van der Waals surface area contributed by atoms with Crippen LogP contribution in [0, 0.1) is 0 Å². The molecule has 0 aromatic heterocycles. The second-order valence-corrected chi connectivity index (χ2v) is 2.47. The summed E-state index contributed by atoms with van der Waals surface area (Å²) in [4.78, 5) is 12.7. The third-order valence-electron chi connectivity index (χ3n) is 1.58. The first-order valence-corrected chi connectivity index (χ1v) is 4.47. The topological polar surface area (TPSA) is 38.8 Å². The summed E-state index contributed by atoms with van der Waals surface area (Å²) >= 11 is 0. The second-order valence-electron chi connectivity index (χ2n) is 2.47. The summed E-state index contributed by atoms with van der Waals surface area (Å²) in [5, 5.41) is 0. The van der Waals surface area contributed by atoms with Crippen LogP contribution in [-0.4, -0.2) is 37.3 Å². The Morgan fingerprint density at radius 2 is 2.14 bits per heavy atom. The molecule has 0 rings (SSSR count). The first kappa shape index (κ1) is 12.7. The quantitative estimate of drug-likeness (QED) is 0.255. The van der Waals surface area contributed by atoms with Gasteiger partial charge in [-0.15, -0.1) is 0 Å². The summed E-state index contributed by atoms with van der Waals surface area (Å²) < 4.78 is 10.0. The van der Waals surface area contributed by atoms with Crippen LogP contribution in [0.3, 0.4) is 0 Å². The average molecular weight is 199 g/mol. The van der Waals surface area contributed by atoms with E-state index in [2.05, 4.69) is 13.2 Å². The minimum absolute atomic E-state index is 0.128. The first-order valence-electron chi connectivity index (χ1n) is 4.47. The molecule has 0 fully saturated rings. The van der Waals surface area contributed by atoms with E-state index in [1.807, 2.05) is 6.92 Å². The van der Waals surface area contributed by atoms with E-state index in [0.717, 1.165) is 0 Å². The van der Waals surface area contributed by atoms with Crippen LogP contribution >= 0.6 is 0 Å². The number of likely N-dealkylation sites (N-methyl/N-ethyl adjacent to an activating group) is 1. The van der Waals surface area contributed by atoms with Gasteiger partial charge in [-0.3, -0.25) is 4.79 Å². The zero-order valence-electron chi connectivity index (χ0n) is 8.57. The number of hydrogen-bond acceptors (Lipinski definition) is 3. The highest BCUT2D eigenvalue weighted by molar-refractivity contribution is 5.86. The Balaban J connectivity index is 3.57. The molecule has 0 atom stereocenters. The molecule has 0 heterocycles. The number of nitrogens with zero attached hydrogens (tertiary/aromatic N) is 1. The maximum atomic E-state index is 11.1. The molecule has 0 aliphatic carbocycles. The van der Waals surface area contributed by atoms with Crippen LogP contribution in [0.15, 0.2) is 25.5 Å². The van der Waals surface area contributed by atoms with Gasteiger partial charge in [0.15, 0.2) is 0 Å². The molecule has 0 N–H and O–H groups in total. The third kappa shape index (κ3) is 5.37. The zero-order valence-corrected chi connectivity index (χ0v) is 8.57. The molecule has 4 heteroatoms. The normalized spacial score (nSPS) is 9.21.